The van der Waals surface area contributed by atoms with Gasteiger partial charge in [0, 0.05) is 17.3 Å². The number of nitrogens with one attached hydrogen (secondary N) is 1. The predicted octanol–water partition coefficient (Wildman–Crippen LogP) is 2.75. The van der Waals surface area contributed by atoms with Crippen LogP contribution in [0.2, 0.25) is 4.34 Å². The lowest BCUT2D eigenvalue weighted by molar-refractivity contribution is 0.102. The van der Waals surface area contributed by atoms with Crippen LogP contribution in [0, 0.1) is 6.92 Å². The molecule has 0 saturated heterocycles. The molecule has 0 radical (unpaired) electrons. The number of thiophene rings is 1. The number of carbonyl (C=O) groups excluding carboxylic acids is 1. The van der Waals surface area contributed by atoms with Gasteiger partial charge in [-0.1, -0.05) is 11.6 Å². The minimum atomic E-state index is -0.256. The molecular weight excluding hydrogens is 246 g/mol. The van der Waals surface area contributed by atoms with Gasteiger partial charge >= 0.3 is 0 Å². The first-order valence-corrected chi connectivity index (χ1v) is 5.76. The molecule has 0 aliphatic carbocycles. The molecule has 2 heterocycles. The van der Waals surface area contributed by atoms with E-state index >= 15 is 0 Å². The van der Waals surface area contributed by atoms with E-state index in [9.17, 15) is 4.79 Å². The van der Waals surface area contributed by atoms with Gasteiger partial charge < -0.3 is 0 Å². The zero-order valence-corrected chi connectivity index (χ0v) is 9.97. The summed E-state index contributed by atoms with van der Waals surface area (Å²) < 4.78 is 0.579. The summed E-state index contributed by atoms with van der Waals surface area (Å²) in [6.45, 7) is 1.83. The lowest BCUT2D eigenvalue weighted by Crippen LogP contribution is -2.13. The highest BCUT2D eigenvalue weighted by Gasteiger charge is 2.09. The number of amides is 1. The van der Waals surface area contributed by atoms with Crippen LogP contribution in [-0.4, -0.2) is 15.9 Å². The normalized spacial score (nSPS) is 10.1. The fraction of sp³-hybridized carbons (Fsp3) is 0.100. The molecule has 0 bridgehead atoms. The molecular formula is C10H8ClN3OS. The van der Waals surface area contributed by atoms with Gasteiger partial charge in [-0.3, -0.25) is 10.1 Å². The minimum Gasteiger partial charge on any atom is -0.290 e. The van der Waals surface area contributed by atoms with Crippen LogP contribution >= 0.6 is 22.9 Å². The molecule has 0 aliphatic heterocycles. The van der Waals surface area contributed by atoms with Gasteiger partial charge in [-0.25, -0.2) is 9.97 Å². The Labute approximate surface area is 101 Å². The van der Waals surface area contributed by atoms with Crippen molar-refractivity contribution < 1.29 is 4.79 Å². The van der Waals surface area contributed by atoms with E-state index in [2.05, 4.69) is 15.3 Å². The average molecular weight is 254 g/mol. The van der Waals surface area contributed by atoms with E-state index in [4.69, 9.17) is 11.6 Å². The zero-order chi connectivity index (χ0) is 11.5. The van der Waals surface area contributed by atoms with E-state index in [0.717, 1.165) is 5.69 Å². The third-order valence-corrected chi connectivity index (χ3v) is 2.94. The van der Waals surface area contributed by atoms with Crippen molar-refractivity contribution >= 4 is 34.8 Å². The summed E-state index contributed by atoms with van der Waals surface area (Å²) in [5, 5.41) is 4.29. The lowest BCUT2D eigenvalue weighted by Gasteiger charge is -2.01. The van der Waals surface area contributed by atoms with Crippen LogP contribution in [0.3, 0.4) is 0 Å². The number of hydrogen-bond donors (Lipinski definition) is 1. The number of rotatable bonds is 2. The molecule has 2 aromatic heterocycles. The van der Waals surface area contributed by atoms with Crippen molar-refractivity contribution in [1.29, 1.82) is 0 Å². The van der Waals surface area contributed by atoms with Crippen LogP contribution in [0.25, 0.3) is 0 Å². The van der Waals surface area contributed by atoms with Gasteiger partial charge in [-0.05, 0) is 19.1 Å². The summed E-state index contributed by atoms with van der Waals surface area (Å²) in [6.07, 6.45) is 1.60. The Balaban J connectivity index is 2.13. The van der Waals surface area contributed by atoms with Crippen LogP contribution in [0.15, 0.2) is 23.7 Å². The number of hydrogen-bond acceptors (Lipinski definition) is 4. The van der Waals surface area contributed by atoms with E-state index in [-0.39, 0.29) is 5.91 Å². The predicted molar refractivity (Wildman–Crippen MR) is 64.1 cm³/mol. The molecule has 0 saturated carbocycles. The fourth-order valence-electron chi connectivity index (χ4n) is 1.11. The van der Waals surface area contributed by atoms with Crippen molar-refractivity contribution in [2.24, 2.45) is 0 Å². The first-order valence-electron chi connectivity index (χ1n) is 4.50. The van der Waals surface area contributed by atoms with E-state index in [1.807, 2.05) is 6.92 Å². The van der Waals surface area contributed by atoms with Crippen LogP contribution in [0.5, 0.6) is 0 Å². The Bertz CT molecular complexity index is 526. The molecule has 4 nitrogen and oxygen atoms in total. The highest BCUT2D eigenvalue weighted by molar-refractivity contribution is 7.14. The van der Waals surface area contributed by atoms with Crippen LogP contribution in [0.1, 0.15) is 16.1 Å². The summed E-state index contributed by atoms with van der Waals surface area (Å²) in [6, 6.07) is 3.37. The molecule has 1 amide bonds. The van der Waals surface area contributed by atoms with Crippen molar-refractivity contribution in [3.63, 3.8) is 0 Å². The third kappa shape index (κ3) is 2.56. The minimum absolute atomic E-state index is 0.256. The largest absolute Gasteiger partial charge is 0.290 e. The number of aryl methyl sites for hydroxylation is 1. The number of carbonyl (C=O) groups is 1. The Morgan fingerprint density at radius 3 is 3.00 bits per heavy atom. The van der Waals surface area contributed by atoms with Crippen LogP contribution < -0.4 is 5.32 Å². The number of halogens is 1. The van der Waals surface area contributed by atoms with E-state index in [0.29, 0.717) is 15.8 Å². The molecule has 0 aromatic carbocycles. The maximum Gasteiger partial charge on any atom is 0.258 e. The van der Waals surface area contributed by atoms with Crippen molar-refractivity contribution in [3.05, 3.63) is 39.3 Å². The highest BCUT2D eigenvalue weighted by atomic mass is 35.5. The maximum absolute atomic E-state index is 11.7. The zero-order valence-electron chi connectivity index (χ0n) is 8.40. The maximum atomic E-state index is 11.7. The molecule has 82 valence electrons. The summed E-state index contributed by atoms with van der Waals surface area (Å²) >= 11 is 7.05. The summed E-state index contributed by atoms with van der Waals surface area (Å²) in [4.78, 5) is 19.7. The summed E-state index contributed by atoms with van der Waals surface area (Å²) in [5.74, 6) is 0.0427. The number of aromatic nitrogens is 2. The quantitative estimate of drug-likeness (QED) is 0.895. The monoisotopic (exact) mass is 253 g/mol. The van der Waals surface area contributed by atoms with E-state index < -0.39 is 0 Å². The first kappa shape index (κ1) is 11.0. The molecule has 0 spiro atoms. The number of anilines is 1. The van der Waals surface area contributed by atoms with Crippen LogP contribution in [-0.2, 0) is 0 Å². The SMILES string of the molecule is Cc1ccnc(NC(=O)c2csc(Cl)c2)n1. The second-order valence-electron chi connectivity index (χ2n) is 3.12. The molecule has 2 aromatic rings. The second-order valence-corrected chi connectivity index (χ2v) is 4.66. The molecule has 1 N–H and O–H groups in total. The summed E-state index contributed by atoms with van der Waals surface area (Å²) in [7, 11) is 0. The first-order chi connectivity index (χ1) is 7.65. The second kappa shape index (κ2) is 4.59. The van der Waals surface area contributed by atoms with Gasteiger partial charge in [-0.2, -0.15) is 0 Å². The standard InChI is InChI=1S/C10H8ClN3OS/c1-6-2-3-12-10(13-6)14-9(15)7-4-8(11)16-5-7/h2-5H,1H3,(H,12,13,14,15). The molecule has 0 atom stereocenters. The van der Waals surface area contributed by atoms with Gasteiger partial charge in [0.05, 0.1) is 9.90 Å². The summed E-state index contributed by atoms with van der Waals surface area (Å²) in [5.41, 5.74) is 1.31. The Morgan fingerprint density at radius 1 is 1.56 bits per heavy atom. The molecule has 0 unspecified atom stereocenters. The van der Waals surface area contributed by atoms with E-state index in [1.165, 1.54) is 11.3 Å². The third-order valence-electron chi connectivity index (χ3n) is 1.85. The smallest absolute Gasteiger partial charge is 0.258 e. The van der Waals surface area contributed by atoms with Crippen molar-refractivity contribution in [2.45, 2.75) is 6.92 Å². The van der Waals surface area contributed by atoms with E-state index in [1.54, 1.807) is 23.7 Å². The van der Waals surface area contributed by atoms with Gasteiger partial charge in [0.25, 0.3) is 5.91 Å². The Hall–Kier alpha value is -1.46. The molecule has 16 heavy (non-hydrogen) atoms. The van der Waals surface area contributed by atoms with Crippen molar-refractivity contribution in [1.82, 2.24) is 9.97 Å². The fourth-order valence-corrected chi connectivity index (χ4v) is 1.97. The topological polar surface area (TPSA) is 54.9 Å². The Morgan fingerprint density at radius 2 is 2.38 bits per heavy atom. The van der Waals surface area contributed by atoms with Crippen molar-refractivity contribution in [2.75, 3.05) is 5.32 Å². The molecule has 0 aliphatic rings. The highest BCUT2D eigenvalue weighted by Crippen LogP contribution is 2.20. The van der Waals surface area contributed by atoms with Crippen LogP contribution in [0.4, 0.5) is 5.95 Å². The molecule has 2 rings (SSSR count). The van der Waals surface area contributed by atoms with Gasteiger partial charge in [0.2, 0.25) is 5.95 Å². The van der Waals surface area contributed by atoms with Crippen molar-refractivity contribution in [3.8, 4) is 0 Å². The van der Waals surface area contributed by atoms with Gasteiger partial charge in [-0.15, -0.1) is 11.3 Å². The Kier molecular flexibility index (Phi) is 3.17. The lowest BCUT2D eigenvalue weighted by atomic mass is 10.3. The molecule has 0 fully saturated rings. The molecule has 6 heteroatoms. The van der Waals surface area contributed by atoms with Gasteiger partial charge in [0.1, 0.15) is 0 Å². The average Bonchev–Trinajstić information content (AvgIpc) is 2.65. The van der Waals surface area contributed by atoms with Gasteiger partial charge in [0.15, 0.2) is 0 Å². The number of nitrogens with zero attached hydrogens (tertiary/aromatic N) is 2.